The molecule has 0 saturated heterocycles. The average Bonchev–Trinajstić information content (AvgIpc) is 2.77. The summed E-state index contributed by atoms with van der Waals surface area (Å²) < 4.78 is 92.9. The average molecular weight is 360 g/mol. The van der Waals surface area contributed by atoms with Gasteiger partial charge in [-0.05, 0) is 18.8 Å². The first kappa shape index (κ1) is 17.5. The summed E-state index contributed by atoms with van der Waals surface area (Å²) in [5.41, 5.74) is -2.51. The molecule has 1 fully saturated rings. The molecule has 0 bridgehead atoms. The van der Waals surface area contributed by atoms with Crippen LogP contribution in [0.3, 0.4) is 0 Å². The Hall–Kier alpha value is -1.32. The first-order chi connectivity index (χ1) is 10.9. The lowest BCUT2D eigenvalue weighted by Gasteiger charge is -2.35. The fourth-order valence-corrected chi connectivity index (χ4v) is 3.38. The van der Waals surface area contributed by atoms with Crippen LogP contribution in [-0.2, 0) is 19.1 Å². The molecule has 2 aliphatic rings. The van der Waals surface area contributed by atoms with Crippen LogP contribution in [0.5, 0.6) is 0 Å². The van der Waals surface area contributed by atoms with Crippen LogP contribution in [-0.4, -0.2) is 26.7 Å². The Bertz CT molecular complexity index is 630. The minimum atomic E-state index is -4.98. The fourth-order valence-electron chi connectivity index (χ4n) is 3.38. The maximum absolute atomic E-state index is 13.6. The lowest BCUT2D eigenvalue weighted by Crippen LogP contribution is -2.36. The molecule has 0 aromatic carbocycles. The van der Waals surface area contributed by atoms with Crippen molar-refractivity contribution < 1.29 is 35.8 Å². The van der Waals surface area contributed by atoms with Crippen LogP contribution in [0.4, 0.5) is 30.7 Å². The third-order valence-electron chi connectivity index (χ3n) is 4.66. The van der Waals surface area contributed by atoms with Crippen LogP contribution in [0.15, 0.2) is 0 Å². The highest BCUT2D eigenvalue weighted by Crippen LogP contribution is 2.47. The Kier molecular flexibility index (Phi) is 3.89. The molecule has 1 N–H and O–H groups in total. The van der Waals surface area contributed by atoms with Gasteiger partial charge < -0.3 is 5.11 Å². The summed E-state index contributed by atoms with van der Waals surface area (Å²) in [7, 11) is 0. The molecular weight excluding hydrogens is 345 g/mol. The number of rotatable bonds is 3. The molecule has 0 radical (unpaired) electrons. The summed E-state index contributed by atoms with van der Waals surface area (Å²) in [5.74, 6) is -6.72. The molecule has 1 aromatic rings. The van der Waals surface area contributed by atoms with E-state index in [4.69, 9.17) is 0 Å². The third kappa shape index (κ3) is 3.00. The maximum atomic E-state index is 13.6. The van der Waals surface area contributed by atoms with Gasteiger partial charge in [-0.25, -0.2) is 17.6 Å². The number of aryl methyl sites for hydroxylation is 1. The standard InChI is InChI=1S/C14H15F7N2O/c15-12(16)5-7(6-12)2-4-23-8-1-3-13(17,18)11(24)9(8)10(22-23)14(19,20)21/h7,11,24H,1-6H2/t11-/m0/s1. The van der Waals surface area contributed by atoms with E-state index in [9.17, 15) is 35.8 Å². The number of alkyl halides is 7. The second-order valence-electron chi connectivity index (χ2n) is 6.51. The van der Waals surface area contributed by atoms with Crippen LogP contribution in [0.1, 0.15) is 48.7 Å². The number of hydrogen-bond donors (Lipinski definition) is 1. The Morgan fingerprint density at radius 3 is 2.33 bits per heavy atom. The molecule has 2 aliphatic carbocycles. The van der Waals surface area contributed by atoms with Gasteiger partial charge in [0.05, 0.1) is 0 Å². The van der Waals surface area contributed by atoms with Crippen LogP contribution in [0.25, 0.3) is 0 Å². The van der Waals surface area contributed by atoms with Crippen molar-refractivity contribution >= 4 is 0 Å². The zero-order valence-electron chi connectivity index (χ0n) is 12.4. The first-order valence-corrected chi connectivity index (χ1v) is 7.51. The number of fused-ring (bicyclic) bond motifs is 1. The van der Waals surface area contributed by atoms with Gasteiger partial charge in [-0.15, -0.1) is 0 Å². The molecule has 1 saturated carbocycles. The van der Waals surface area contributed by atoms with Gasteiger partial charge in [0.25, 0.3) is 5.92 Å². The van der Waals surface area contributed by atoms with Gasteiger partial charge in [0.15, 0.2) is 5.69 Å². The number of nitrogens with zero attached hydrogens (tertiary/aromatic N) is 2. The van der Waals surface area contributed by atoms with Crippen LogP contribution in [0.2, 0.25) is 0 Å². The normalized spacial score (nSPS) is 26.1. The van der Waals surface area contributed by atoms with Crippen molar-refractivity contribution in [2.24, 2.45) is 5.92 Å². The van der Waals surface area contributed by atoms with Crippen LogP contribution in [0, 0.1) is 5.92 Å². The number of aliphatic hydroxyl groups excluding tert-OH is 1. The van der Waals surface area contributed by atoms with Gasteiger partial charge >= 0.3 is 6.18 Å². The largest absolute Gasteiger partial charge is 0.435 e. The van der Waals surface area contributed by atoms with E-state index < -0.39 is 41.8 Å². The highest BCUT2D eigenvalue weighted by Gasteiger charge is 2.51. The number of hydrogen-bond acceptors (Lipinski definition) is 2. The SMILES string of the molecule is O[C@H]1c2c(C(F)(F)F)nn(CCC3CC(F)(F)C3)c2CCC1(F)F. The van der Waals surface area contributed by atoms with E-state index >= 15 is 0 Å². The van der Waals surface area contributed by atoms with Gasteiger partial charge in [0.1, 0.15) is 6.10 Å². The lowest BCUT2D eigenvalue weighted by molar-refractivity contribution is -0.150. The Morgan fingerprint density at radius 2 is 1.79 bits per heavy atom. The van der Waals surface area contributed by atoms with Crippen molar-refractivity contribution in [1.82, 2.24) is 9.78 Å². The van der Waals surface area contributed by atoms with Gasteiger partial charge in [0.2, 0.25) is 5.92 Å². The highest BCUT2D eigenvalue weighted by molar-refractivity contribution is 5.35. The van der Waals surface area contributed by atoms with Crippen molar-refractivity contribution in [3.63, 3.8) is 0 Å². The summed E-state index contributed by atoms with van der Waals surface area (Å²) in [4.78, 5) is 0. The highest BCUT2D eigenvalue weighted by atomic mass is 19.4. The fraction of sp³-hybridized carbons (Fsp3) is 0.786. The van der Waals surface area contributed by atoms with Crippen LogP contribution < -0.4 is 0 Å². The predicted molar refractivity (Wildman–Crippen MR) is 67.7 cm³/mol. The van der Waals surface area contributed by atoms with E-state index in [1.165, 1.54) is 0 Å². The van der Waals surface area contributed by atoms with E-state index in [1.54, 1.807) is 0 Å². The summed E-state index contributed by atoms with van der Waals surface area (Å²) in [6.07, 6.45) is -9.16. The molecule has 0 aliphatic heterocycles. The Balaban J connectivity index is 1.86. The van der Waals surface area contributed by atoms with Gasteiger partial charge in [-0.3, -0.25) is 4.68 Å². The second kappa shape index (κ2) is 5.34. The monoisotopic (exact) mass is 360 g/mol. The van der Waals surface area contributed by atoms with Crippen molar-refractivity contribution in [2.45, 2.75) is 62.8 Å². The molecule has 3 rings (SSSR count). The van der Waals surface area contributed by atoms with E-state index in [0.717, 1.165) is 4.68 Å². The molecule has 24 heavy (non-hydrogen) atoms. The minimum absolute atomic E-state index is 0.0720. The number of aromatic nitrogens is 2. The third-order valence-corrected chi connectivity index (χ3v) is 4.66. The molecule has 1 heterocycles. The maximum Gasteiger partial charge on any atom is 0.435 e. The summed E-state index contributed by atoms with van der Waals surface area (Å²) in [6.45, 7) is -0.0720. The molecule has 1 aromatic heterocycles. The summed E-state index contributed by atoms with van der Waals surface area (Å²) in [5, 5.41) is 13.0. The lowest BCUT2D eigenvalue weighted by atomic mass is 9.79. The molecule has 0 unspecified atom stereocenters. The molecular formula is C14H15F7N2O. The van der Waals surface area contributed by atoms with Crippen molar-refractivity contribution in [1.29, 1.82) is 0 Å². The number of aliphatic hydroxyl groups is 1. The topological polar surface area (TPSA) is 38.1 Å². The zero-order valence-corrected chi connectivity index (χ0v) is 12.4. The number of halogens is 7. The predicted octanol–water partition coefficient (Wildman–Crippen LogP) is 3.95. The molecule has 136 valence electrons. The Morgan fingerprint density at radius 1 is 1.17 bits per heavy atom. The van der Waals surface area contributed by atoms with Gasteiger partial charge in [0, 0.05) is 37.1 Å². The van der Waals surface area contributed by atoms with Crippen molar-refractivity contribution in [3.8, 4) is 0 Å². The van der Waals surface area contributed by atoms with Gasteiger partial charge in [-0.1, -0.05) is 0 Å². The molecule has 1 atom stereocenters. The Labute approximate surface area is 132 Å². The van der Waals surface area contributed by atoms with Crippen LogP contribution >= 0.6 is 0 Å². The van der Waals surface area contributed by atoms with Crippen molar-refractivity contribution in [2.75, 3.05) is 0 Å². The molecule has 3 nitrogen and oxygen atoms in total. The zero-order chi connectivity index (χ0) is 17.9. The molecule has 10 heteroatoms. The van der Waals surface area contributed by atoms with Gasteiger partial charge in [-0.2, -0.15) is 18.3 Å². The quantitative estimate of drug-likeness (QED) is 0.829. The second-order valence-corrected chi connectivity index (χ2v) is 6.51. The van der Waals surface area contributed by atoms with E-state index in [-0.39, 0.29) is 43.8 Å². The van der Waals surface area contributed by atoms with Crippen molar-refractivity contribution in [3.05, 3.63) is 17.0 Å². The molecule has 0 amide bonds. The molecule has 0 spiro atoms. The van der Waals surface area contributed by atoms with E-state index in [0.29, 0.717) is 0 Å². The summed E-state index contributed by atoms with van der Waals surface area (Å²) in [6, 6.07) is 0. The smallest absolute Gasteiger partial charge is 0.382 e. The minimum Gasteiger partial charge on any atom is -0.382 e. The van der Waals surface area contributed by atoms with E-state index in [2.05, 4.69) is 5.10 Å². The summed E-state index contributed by atoms with van der Waals surface area (Å²) >= 11 is 0. The van der Waals surface area contributed by atoms with E-state index in [1.807, 2.05) is 0 Å². The first-order valence-electron chi connectivity index (χ1n) is 7.51.